The third kappa shape index (κ3) is 6.21. The molecule has 3 aromatic rings. The number of piperidine rings is 1. The van der Waals surface area contributed by atoms with Crippen molar-refractivity contribution in [2.75, 3.05) is 25.0 Å². The summed E-state index contributed by atoms with van der Waals surface area (Å²) in [6.07, 6.45) is 5.85. The summed E-state index contributed by atoms with van der Waals surface area (Å²) >= 11 is 5.88. The number of hydrogen-bond donors (Lipinski definition) is 1. The van der Waals surface area contributed by atoms with E-state index >= 15 is 0 Å². The van der Waals surface area contributed by atoms with Crippen molar-refractivity contribution in [1.82, 2.24) is 4.90 Å². The molecule has 1 N–H and O–H groups in total. The smallest absolute Gasteiger partial charge is 0.224 e. The Hall–Kier alpha value is -3.20. The Morgan fingerprint density at radius 2 is 1.81 bits per heavy atom. The molecule has 0 radical (unpaired) electrons. The molecule has 5 rings (SSSR count). The van der Waals surface area contributed by atoms with Crippen LogP contribution in [0.1, 0.15) is 49.7 Å². The van der Waals surface area contributed by atoms with Crippen molar-refractivity contribution < 1.29 is 9.18 Å². The van der Waals surface area contributed by atoms with Crippen molar-refractivity contribution in [3.05, 3.63) is 88.7 Å². The highest BCUT2D eigenvalue weighted by Crippen LogP contribution is 2.41. The monoisotopic (exact) mass is 515 g/mol. The number of rotatable bonds is 8. The maximum Gasteiger partial charge on any atom is 0.224 e. The Balaban J connectivity index is 1.32. The van der Waals surface area contributed by atoms with Crippen LogP contribution in [0, 0.1) is 23.1 Å². The fraction of sp³-hybridized carbons (Fsp3) is 0.355. The second-order valence-electron chi connectivity index (χ2n) is 10.5. The van der Waals surface area contributed by atoms with Crippen molar-refractivity contribution >= 4 is 23.2 Å². The first-order chi connectivity index (χ1) is 17.9. The number of hydrogen-bond acceptors (Lipinski definition) is 3. The Labute approximate surface area is 223 Å². The number of likely N-dealkylation sites (tertiary alicyclic amines) is 1. The lowest BCUT2D eigenvalue weighted by Crippen LogP contribution is -2.43. The second-order valence-corrected chi connectivity index (χ2v) is 10.9. The molecule has 1 aliphatic heterocycles. The van der Waals surface area contributed by atoms with Gasteiger partial charge in [-0.25, -0.2) is 4.39 Å². The number of halogens is 2. The lowest BCUT2D eigenvalue weighted by Gasteiger charge is -2.42. The Kier molecular flexibility index (Phi) is 7.60. The van der Waals surface area contributed by atoms with Gasteiger partial charge >= 0.3 is 0 Å². The minimum atomic E-state index is -0.501. The molecule has 1 saturated heterocycles. The SMILES string of the molecule is N#Cc1cccc(-c2ccc(C3(CCC(=O)Nc4ccc(F)c(Cl)c4)CCN(CC4CC4)CC3)cc2)c1. The van der Waals surface area contributed by atoms with Crippen molar-refractivity contribution in [2.24, 2.45) is 5.92 Å². The van der Waals surface area contributed by atoms with Gasteiger partial charge in [0.05, 0.1) is 16.7 Å². The van der Waals surface area contributed by atoms with Crippen LogP contribution in [0.2, 0.25) is 5.02 Å². The van der Waals surface area contributed by atoms with Crippen LogP contribution in [-0.2, 0) is 10.2 Å². The molecule has 2 fully saturated rings. The highest BCUT2D eigenvalue weighted by Gasteiger charge is 2.37. The summed E-state index contributed by atoms with van der Waals surface area (Å²) < 4.78 is 13.5. The molecule has 4 nitrogen and oxygen atoms in total. The van der Waals surface area contributed by atoms with Crippen LogP contribution >= 0.6 is 11.6 Å². The van der Waals surface area contributed by atoms with Crippen LogP contribution in [0.25, 0.3) is 11.1 Å². The second kappa shape index (κ2) is 11.0. The van der Waals surface area contributed by atoms with E-state index in [1.807, 2.05) is 24.3 Å². The zero-order valence-electron chi connectivity index (χ0n) is 20.9. The van der Waals surface area contributed by atoms with E-state index in [1.54, 1.807) is 0 Å². The predicted molar refractivity (Wildman–Crippen MR) is 146 cm³/mol. The van der Waals surface area contributed by atoms with Crippen LogP contribution in [0.4, 0.5) is 10.1 Å². The molecule has 0 spiro atoms. The van der Waals surface area contributed by atoms with Gasteiger partial charge in [-0.3, -0.25) is 4.79 Å². The highest BCUT2D eigenvalue weighted by molar-refractivity contribution is 6.31. The number of nitrogens with one attached hydrogen (secondary N) is 1. The van der Waals surface area contributed by atoms with Crippen LogP contribution < -0.4 is 5.32 Å². The van der Waals surface area contributed by atoms with E-state index in [1.165, 1.54) is 43.1 Å². The van der Waals surface area contributed by atoms with E-state index in [4.69, 9.17) is 11.6 Å². The summed E-state index contributed by atoms with van der Waals surface area (Å²) in [5, 5.41) is 12.1. The van der Waals surface area contributed by atoms with Gasteiger partial charge in [-0.15, -0.1) is 0 Å². The third-order valence-corrected chi connectivity index (χ3v) is 8.17. The summed E-state index contributed by atoms with van der Waals surface area (Å²) in [5.74, 6) is 0.274. The first kappa shape index (κ1) is 25.4. The summed E-state index contributed by atoms with van der Waals surface area (Å²) in [6.45, 7) is 3.27. The average molecular weight is 516 g/mol. The molecule has 0 bridgehead atoms. The fourth-order valence-corrected chi connectivity index (χ4v) is 5.63. The van der Waals surface area contributed by atoms with Crippen molar-refractivity contribution in [1.29, 1.82) is 5.26 Å². The Morgan fingerprint density at radius 3 is 2.49 bits per heavy atom. The van der Waals surface area contributed by atoms with Crippen molar-refractivity contribution in [3.8, 4) is 17.2 Å². The quantitative estimate of drug-likeness (QED) is 0.345. The maximum absolute atomic E-state index is 13.5. The van der Waals surface area contributed by atoms with E-state index in [9.17, 15) is 14.4 Å². The van der Waals surface area contributed by atoms with Crippen LogP contribution in [-0.4, -0.2) is 30.4 Å². The Morgan fingerprint density at radius 1 is 1.05 bits per heavy atom. The van der Waals surface area contributed by atoms with Crippen molar-refractivity contribution in [2.45, 2.75) is 43.9 Å². The van der Waals surface area contributed by atoms with Gasteiger partial charge in [0, 0.05) is 18.7 Å². The van der Waals surface area contributed by atoms with E-state index in [0.717, 1.165) is 49.4 Å². The molecule has 1 amide bonds. The Bertz CT molecular complexity index is 1300. The average Bonchev–Trinajstić information content (AvgIpc) is 3.75. The van der Waals surface area contributed by atoms with Gasteiger partial charge in [0.25, 0.3) is 0 Å². The number of nitriles is 1. The third-order valence-electron chi connectivity index (χ3n) is 7.88. The predicted octanol–water partition coefficient (Wildman–Crippen LogP) is 7.18. The maximum atomic E-state index is 13.5. The lowest BCUT2D eigenvalue weighted by molar-refractivity contribution is -0.116. The minimum Gasteiger partial charge on any atom is -0.326 e. The van der Waals surface area contributed by atoms with Gasteiger partial charge < -0.3 is 10.2 Å². The number of carbonyl (C=O) groups excluding carboxylic acids is 1. The van der Waals surface area contributed by atoms with E-state index in [-0.39, 0.29) is 16.3 Å². The summed E-state index contributed by atoms with van der Waals surface area (Å²) in [4.78, 5) is 15.4. The first-order valence-corrected chi connectivity index (χ1v) is 13.4. The topological polar surface area (TPSA) is 56.1 Å². The summed E-state index contributed by atoms with van der Waals surface area (Å²) in [5.41, 5.74) is 4.44. The van der Waals surface area contributed by atoms with Gasteiger partial charge in [-0.2, -0.15) is 5.26 Å². The molecule has 1 aliphatic carbocycles. The van der Waals surface area contributed by atoms with Crippen molar-refractivity contribution in [3.63, 3.8) is 0 Å². The molecule has 2 aliphatic rings. The highest BCUT2D eigenvalue weighted by atomic mass is 35.5. The molecular weight excluding hydrogens is 485 g/mol. The van der Waals surface area contributed by atoms with Gasteiger partial charge in [0.2, 0.25) is 5.91 Å². The van der Waals surface area contributed by atoms with Gasteiger partial charge in [-0.1, -0.05) is 48.0 Å². The first-order valence-electron chi connectivity index (χ1n) is 13.0. The van der Waals surface area contributed by atoms with Gasteiger partial charge in [0.15, 0.2) is 0 Å². The van der Waals surface area contributed by atoms with Gasteiger partial charge in [-0.05, 0) is 104 Å². The summed E-state index contributed by atoms with van der Waals surface area (Å²) in [7, 11) is 0. The number of nitrogens with zero attached hydrogens (tertiary/aromatic N) is 2. The molecule has 6 heteroatoms. The van der Waals surface area contributed by atoms with Gasteiger partial charge in [0.1, 0.15) is 5.82 Å². The molecule has 1 heterocycles. The molecule has 3 aromatic carbocycles. The van der Waals surface area contributed by atoms with Crippen LogP contribution in [0.15, 0.2) is 66.7 Å². The van der Waals surface area contributed by atoms with E-state index in [0.29, 0.717) is 17.7 Å². The zero-order valence-corrected chi connectivity index (χ0v) is 21.6. The molecule has 0 atom stereocenters. The molecule has 1 saturated carbocycles. The minimum absolute atomic E-state index is 0.00213. The lowest BCUT2D eigenvalue weighted by atomic mass is 9.69. The molecule has 37 heavy (non-hydrogen) atoms. The number of amides is 1. The molecule has 190 valence electrons. The molecular formula is C31H31ClFN3O. The molecule has 0 unspecified atom stereocenters. The zero-order chi connectivity index (χ0) is 25.8. The molecule has 0 aromatic heterocycles. The number of benzene rings is 3. The standard InChI is InChI=1S/C31H31ClFN3O/c32-28-19-27(10-11-29(28)33)35-30(37)12-13-31(14-16-36(17-15-31)21-22-4-5-22)26-8-6-24(7-9-26)25-3-1-2-23(18-25)20-34/h1-3,6-11,18-19,22H,4-5,12-17,21H2,(H,35,37). The summed E-state index contributed by atoms with van der Waals surface area (Å²) in [6, 6.07) is 22.8. The van der Waals surface area contributed by atoms with Crippen LogP contribution in [0.3, 0.4) is 0 Å². The number of anilines is 1. The van der Waals surface area contributed by atoms with E-state index < -0.39 is 5.82 Å². The number of carbonyl (C=O) groups is 1. The normalized spacial score (nSPS) is 17.2. The largest absolute Gasteiger partial charge is 0.326 e. The van der Waals surface area contributed by atoms with E-state index in [2.05, 4.69) is 40.6 Å². The van der Waals surface area contributed by atoms with Crippen LogP contribution in [0.5, 0.6) is 0 Å². The fourth-order valence-electron chi connectivity index (χ4n) is 5.45.